The topological polar surface area (TPSA) is 178 Å². The highest BCUT2D eigenvalue weighted by Gasteiger charge is 2.28. The van der Waals surface area contributed by atoms with Crippen molar-refractivity contribution in [2.75, 3.05) is 76.8 Å². The van der Waals surface area contributed by atoms with Crippen molar-refractivity contribution in [1.29, 1.82) is 0 Å². The maximum absolute atomic E-state index is 12.8. The molecule has 14 nitrogen and oxygen atoms in total. The lowest BCUT2D eigenvalue weighted by atomic mass is 9.98. The summed E-state index contributed by atoms with van der Waals surface area (Å²) in [7, 11) is -0.779. The molecular weight excluding hydrogens is 658 g/mol. The number of aliphatic hydroxyl groups excluding tert-OH is 1. The van der Waals surface area contributed by atoms with Crippen LogP contribution < -0.4 is 30.1 Å². The standard InChI is InChI=1S/C32H44ClN9O5S/c1-35-31(44)25-7-3-4-9-28(25)42(13-12-37-48(34,45)46)30-26(33)21-36-32(39-30)38-27-11-10-22-20-23(6-5-8-24(22)29(27)47-2)41-16-14-40(15-17-41)18-19-43/h3-4,7,9-11,21,23,37,43H,5-6,8,12-20H2,1-2H3,(H,35,44)(H2,34,45,46)(H,36,38,39). The average molecular weight is 702 g/mol. The number of halogens is 1. The van der Waals surface area contributed by atoms with Crippen molar-refractivity contribution in [1.82, 2.24) is 29.8 Å². The zero-order valence-electron chi connectivity index (χ0n) is 27.3. The Morgan fingerprint density at radius 3 is 2.67 bits per heavy atom. The predicted octanol–water partition coefficient (Wildman–Crippen LogP) is 2.03. The number of methoxy groups -OCH3 is 1. The van der Waals surface area contributed by atoms with Crippen LogP contribution in [0, 0.1) is 0 Å². The first-order valence-electron chi connectivity index (χ1n) is 16.0. The van der Waals surface area contributed by atoms with E-state index in [1.54, 1.807) is 36.3 Å². The van der Waals surface area contributed by atoms with Gasteiger partial charge in [0.2, 0.25) is 5.95 Å². The van der Waals surface area contributed by atoms with Crippen molar-refractivity contribution < 1.29 is 23.1 Å². The number of ether oxygens (including phenoxy) is 1. The Hall–Kier alpha value is -3.57. The highest BCUT2D eigenvalue weighted by atomic mass is 35.5. The number of nitrogens with zero attached hydrogens (tertiary/aromatic N) is 5. The van der Waals surface area contributed by atoms with Crippen molar-refractivity contribution in [2.24, 2.45) is 5.14 Å². The molecule has 2 heterocycles. The van der Waals surface area contributed by atoms with Gasteiger partial charge in [-0.05, 0) is 55.0 Å². The molecule has 1 aromatic heterocycles. The molecule has 1 aliphatic heterocycles. The number of piperazine rings is 1. The van der Waals surface area contributed by atoms with Gasteiger partial charge in [0, 0.05) is 58.9 Å². The first kappa shape index (κ1) is 35.7. The van der Waals surface area contributed by atoms with Crippen LogP contribution in [0.25, 0.3) is 0 Å². The Balaban J connectivity index is 1.42. The van der Waals surface area contributed by atoms with Gasteiger partial charge in [0.05, 0.1) is 36.9 Å². The number of benzene rings is 2. The summed E-state index contributed by atoms with van der Waals surface area (Å²) >= 11 is 6.65. The van der Waals surface area contributed by atoms with Crippen molar-refractivity contribution in [3.05, 3.63) is 64.3 Å². The number of aliphatic hydroxyl groups is 1. The third-order valence-corrected chi connectivity index (χ3v) is 9.73. The normalized spacial score (nSPS) is 17.3. The van der Waals surface area contributed by atoms with Gasteiger partial charge in [-0.1, -0.05) is 29.8 Å². The number of hydrogen-bond donors (Lipinski definition) is 5. The first-order chi connectivity index (χ1) is 23.1. The van der Waals surface area contributed by atoms with Gasteiger partial charge in [-0.25, -0.2) is 14.8 Å². The van der Waals surface area contributed by atoms with Gasteiger partial charge in [-0.15, -0.1) is 0 Å². The second-order valence-electron chi connectivity index (χ2n) is 11.8. The Labute approximate surface area is 286 Å². The fraction of sp³-hybridized carbons (Fsp3) is 0.469. The van der Waals surface area contributed by atoms with Gasteiger partial charge < -0.3 is 25.4 Å². The van der Waals surface area contributed by atoms with E-state index < -0.39 is 10.2 Å². The first-order valence-corrected chi connectivity index (χ1v) is 18.0. The van der Waals surface area contributed by atoms with E-state index in [0.29, 0.717) is 23.0 Å². The summed E-state index contributed by atoms with van der Waals surface area (Å²) in [4.78, 5) is 28.5. The van der Waals surface area contributed by atoms with Crippen LogP contribution in [0.4, 0.5) is 23.1 Å². The summed E-state index contributed by atoms with van der Waals surface area (Å²) in [5.74, 6) is 0.902. The van der Waals surface area contributed by atoms with Gasteiger partial charge in [0.25, 0.3) is 16.1 Å². The van der Waals surface area contributed by atoms with E-state index in [2.05, 4.69) is 36.2 Å². The van der Waals surface area contributed by atoms with Gasteiger partial charge in [0.15, 0.2) is 5.82 Å². The molecule has 1 fully saturated rings. The molecule has 5 rings (SSSR count). The molecule has 0 spiro atoms. The molecule has 1 unspecified atom stereocenters. The molecule has 0 bridgehead atoms. The molecule has 0 radical (unpaired) electrons. The van der Waals surface area contributed by atoms with Crippen LogP contribution in [0.1, 0.15) is 34.3 Å². The van der Waals surface area contributed by atoms with Gasteiger partial charge in [0.1, 0.15) is 10.8 Å². The van der Waals surface area contributed by atoms with Crippen molar-refractivity contribution >= 4 is 50.9 Å². The quantitative estimate of drug-likeness (QED) is 0.165. The summed E-state index contributed by atoms with van der Waals surface area (Å²) in [6.45, 7) is 4.82. The fourth-order valence-electron chi connectivity index (χ4n) is 6.55. The second kappa shape index (κ2) is 16.2. The predicted molar refractivity (Wildman–Crippen MR) is 187 cm³/mol. The Morgan fingerprint density at radius 1 is 1.19 bits per heavy atom. The number of para-hydroxylation sites is 1. The Bertz CT molecular complexity index is 1690. The highest BCUT2D eigenvalue weighted by molar-refractivity contribution is 7.87. The van der Waals surface area contributed by atoms with E-state index in [0.717, 1.165) is 69.7 Å². The molecule has 3 aromatic rings. The van der Waals surface area contributed by atoms with E-state index >= 15 is 0 Å². The number of amides is 1. The van der Waals surface area contributed by atoms with Crippen molar-refractivity contribution in [3.63, 3.8) is 0 Å². The molecule has 16 heteroatoms. The number of fused-ring (bicyclic) bond motifs is 1. The molecular formula is C32H44ClN9O5S. The zero-order chi connectivity index (χ0) is 34.3. The SMILES string of the molecule is CNC(=O)c1ccccc1N(CCNS(N)(=O)=O)c1nc(Nc2ccc3c(c2OC)CCCC(N2CCN(CCO)CC2)C3)ncc1Cl. The van der Waals surface area contributed by atoms with Crippen LogP contribution >= 0.6 is 11.6 Å². The minimum atomic E-state index is -3.97. The summed E-state index contributed by atoms with van der Waals surface area (Å²) in [6, 6.07) is 11.4. The lowest BCUT2D eigenvalue weighted by Crippen LogP contribution is -2.51. The van der Waals surface area contributed by atoms with Crippen LogP contribution in [-0.4, -0.2) is 112 Å². The lowest BCUT2D eigenvalue weighted by molar-refractivity contribution is 0.0805. The average Bonchev–Trinajstić information content (AvgIpc) is 3.30. The summed E-state index contributed by atoms with van der Waals surface area (Å²) in [6.07, 6.45) is 5.39. The third-order valence-electron chi connectivity index (χ3n) is 8.85. The molecule has 0 saturated carbocycles. The smallest absolute Gasteiger partial charge is 0.274 e. The van der Waals surface area contributed by atoms with Gasteiger partial charge in [-0.3, -0.25) is 14.6 Å². The lowest BCUT2D eigenvalue weighted by Gasteiger charge is -2.39. The number of aromatic nitrogens is 2. The highest BCUT2D eigenvalue weighted by Crippen LogP contribution is 2.38. The molecule has 1 aliphatic carbocycles. The minimum Gasteiger partial charge on any atom is -0.494 e. The molecule has 1 saturated heterocycles. The van der Waals surface area contributed by atoms with Gasteiger partial charge >= 0.3 is 0 Å². The summed E-state index contributed by atoms with van der Waals surface area (Å²) in [5, 5.41) is 20.6. The summed E-state index contributed by atoms with van der Waals surface area (Å²) < 4.78 is 31.6. The van der Waals surface area contributed by atoms with E-state index in [-0.39, 0.29) is 42.4 Å². The number of anilines is 4. The van der Waals surface area contributed by atoms with E-state index in [4.69, 9.17) is 26.5 Å². The molecule has 48 heavy (non-hydrogen) atoms. The molecule has 2 aliphatic rings. The van der Waals surface area contributed by atoms with Crippen molar-refractivity contribution in [2.45, 2.75) is 31.7 Å². The monoisotopic (exact) mass is 701 g/mol. The zero-order valence-corrected chi connectivity index (χ0v) is 28.9. The number of carbonyl (C=O) groups is 1. The largest absolute Gasteiger partial charge is 0.494 e. The number of hydrogen-bond acceptors (Lipinski definition) is 11. The van der Waals surface area contributed by atoms with Crippen LogP contribution in [0.3, 0.4) is 0 Å². The number of nitrogens with two attached hydrogens (primary N) is 1. The second-order valence-corrected chi connectivity index (χ2v) is 13.6. The Morgan fingerprint density at radius 2 is 1.96 bits per heavy atom. The molecule has 2 aromatic carbocycles. The number of carbonyl (C=O) groups excluding carboxylic acids is 1. The molecule has 1 amide bonds. The summed E-state index contributed by atoms with van der Waals surface area (Å²) in [5.41, 5.74) is 3.93. The van der Waals surface area contributed by atoms with Crippen molar-refractivity contribution in [3.8, 4) is 5.75 Å². The van der Waals surface area contributed by atoms with Crippen LogP contribution in [0.2, 0.25) is 5.02 Å². The molecule has 6 N–H and O–H groups in total. The number of β-amino-alcohol motifs (C(OH)–C–C–N with tert-alkyl or cyclic N) is 1. The third kappa shape index (κ3) is 8.71. The van der Waals surface area contributed by atoms with E-state index in [1.807, 2.05) is 6.07 Å². The molecule has 1 atom stereocenters. The van der Waals surface area contributed by atoms with E-state index in [9.17, 15) is 18.3 Å². The maximum Gasteiger partial charge on any atom is 0.274 e. The van der Waals surface area contributed by atoms with E-state index in [1.165, 1.54) is 18.8 Å². The minimum absolute atomic E-state index is 0.0560. The van der Waals surface area contributed by atoms with Gasteiger partial charge in [-0.2, -0.15) is 13.4 Å². The number of nitrogens with one attached hydrogen (secondary N) is 3. The Kier molecular flexibility index (Phi) is 12.1. The molecule has 260 valence electrons. The van der Waals surface area contributed by atoms with Crippen LogP contribution in [0.15, 0.2) is 42.6 Å². The fourth-order valence-corrected chi connectivity index (χ4v) is 7.11. The van der Waals surface area contributed by atoms with Crippen LogP contribution in [-0.2, 0) is 23.1 Å². The number of rotatable bonds is 13. The maximum atomic E-state index is 12.8. The van der Waals surface area contributed by atoms with Crippen LogP contribution in [0.5, 0.6) is 5.75 Å².